The summed E-state index contributed by atoms with van der Waals surface area (Å²) in [5.41, 5.74) is 1.03. The highest BCUT2D eigenvalue weighted by Crippen LogP contribution is 2.20. The molecule has 1 aromatic heterocycles. The molecule has 5 heteroatoms. The van der Waals surface area contributed by atoms with Crippen molar-refractivity contribution >= 4 is 5.97 Å². The molecule has 5 nitrogen and oxygen atoms in total. The quantitative estimate of drug-likeness (QED) is 0.749. The second kappa shape index (κ2) is 6.58. The van der Waals surface area contributed by atoms with E-state index in [1.165, 1.54) is 0 Å². The Labute approximate surface area is 111 Å². The lowest BCUT2D eigenvalue weighted by molar-refractivity contribution is -0.137. The van der Waals surface area contributed by atoms with Gasteiger partial charge in [-0.05, 0) is 12.5 Å². The summed E-state index contributed by atoms with van der Waals surface area (Å²) >= 11 is 0. The number of nitrogens with one attached hydrogen (secondary N) is 1. The molecule has 100 valence electrons. The van der Waals surface area contributed by atoms with Gasteiger partial charge in [-0.3, -0.25) is 4.79 Å². The number of benzene rings is 1. The Bertz CT molecular complexity index is 523. The molecule has 0 atom stereocenters. The van der Waals surface area contributed by atoms with E-state index in [1.807, 2.05) is 24.3 Å². The van der Waals surface area contributed by atoms with Crippen LogP contribution < -0.4 is 4.74 Å². The van der Waals surface area contributed by atoms with Gasteiger partial charge in [0.1, 0.15) is 11.6 Å². The first kappa shape index (κ1) is 13.1. The van der Waals surface area contributed by atoms with Crippen LogP contribution >= 0.6 is 0 Å². The summed E-state index contributed by atoms with van der Waals surface area (Å²) in [5.74, 6) is 0.860. The average Bonchev–Trinajstić information content (AvgIpc) is 2.89. The molecule has 2 N–H and O–H groups in total. The minimum Gasteiger partial charge on any atom is -0.493 e. The van der Waals surface area contributed by atoms with Crippen molar-refractivity contribution < 1.29 is 14.6 Å². The predicted molar refractivity (Wildman–Crippen MR) is 70.2 cm³/mol. The number of hydrogen-bond acceptors (Lipinski definition) is 3. The molecule has 0 saturated heterocycles. The predicted octanol–water partition coefficient (Wildman–Crippen LogP) is 2.24. The van der Waals surface area contributed by atoms with E-state index in [0.717, 1.165) is 17.1 Å². The van der Waals surface area contributed by atoms with Gasteiger partial charge in [0, 0.05) is 30.8 Å². The molecule has 2 aromatic rings. The largest absolute Gasteiger partial charge is 0.493 e. The Morgan fingerprint density at radius 3 is 2.95 bits per heavy atom. The number of para-hydroxylation sites is 1. The lowest BCUT2D eigenvalue weighted by Crippen LogP contribution is -2.04. The van der Waals surface area contributed by atoms with Crippen LogP contribution in [0.25, 0.3) is 0 Å². The Hall–Kier alpha value is -2.30. The van der Waals surface area contributed by atoms with Crippen LogP contribution in [0.1, 0.15) is 24.2 Å². The van der Waals surface area contributed by atoms with Crippen molar-refractivity contribution in [3.63, 3.8) is 0 Å². The van der Waals surface area contributed by atoms with E-state index < -0.39 is 5.97 Å². The fourth-order valence-corrected chi connectivity index (χ4v) is 1.77. The molecule has 1 aromatic carbocycles. The first-order valence-electron chi connectivity index (χ1n) is 6.16. The van der Waals surface area contributed by atoms with Gasteiger partial charge in [0.2, 0.25) is 0 Å². The van der Waals surface area contributed by atoms with E-state index in [2.05, 4.69) is 9.97 Å². The van der Waals surface area contributed by atoms with Crippen molar-refractivity contribution in [1.82, 2.24) is 9.97 Å². The fourth-order valence-electron chi connectivity index (χ4n) is 1.77. The third-order valence-corrected chi connectivity index (χ3v) is 2.68. The Balaban J connectivity index is 1.94. The highest BCUT2D eigenvalue weighted by atomic mass is 16.5. The molecule has 0 saturated carbocycles. The number of carbonyl (C=O) groups is 1. The molecular formula is C14H16N2O3. The van der Waals surface area contributed by atoms with Crippen molar-refractivity contribution in [2.45, 2.75) is 19.3 Å². The number of aromatic amines is 1. The van der Waals surface area contributed by atoms with Crippen molar-refractivity contribution in [3.8, 4) is 5.75 Å². The summed E-state index contributed by atoms with van der Waals surface area (Å²) in [4.78, 5) is 17.7. The van der Waals surface area contributed by atoms with Crippen LogP contribution in [-0.4, -0.2) is 27.7 Å². The van der Waals surface area contributed by atoms with Gasteiger partial charge in [-0.2, -0.15) is 0 Å². The van der Waals surface area contributed by atoms with Crippen LogP contribution in [0.4, 0.5) is 0 Å². The number of carboxylic acid groups (broad SMARTS) is 1. The Morgan fingerprint density at radius 1 is 1.37 bits per heavy atom. The summed E-state index contributed by atoms with van der Waals surface area (Å²) in [6, 6.07) is 7.72. The fraction of sp³-hybridized carbons (Fsp3) is 0.286. The Kier molecular flexibility index (Phi) is 4.55. The highest BCUT2D eigenvalue weighted by Gasteiger charge is 2.06. The monoisotopic (exact) mass is 260 g/mol. The lowest BCUT2D eigenvalue weighted by atomic mass is 10.1. The maximum atomic E-state index is 10.4. The number of carboxylic acids is 1. The van der Waals surface area contributed by atoms with Crippen molar-refractivity contribution in [1.29, 1.82) is 0 Å². The van der Waals surface area contributed by atoms with Crippen LogP contribution in [0.3, 0.4) is 0 Å². The van der Waals surface area contributed by atoms with Gasteiger partial charge in [0.15, 0.2) is 0 Å². The summed E-state index contributed by atoms with van der Waals surface area (Å²) in [6.45, 7) is 0.404. The minimum absolute atomic E-state index is 0.125. The van der Waals surface area contributed by atoms with Crippen molar-refractivity contribution in [3.05, 3.63) is 48.0 Å². The molecule has 0 bridgehead atoms. The van der Waals surface area contributed by atoms with E-state index in [-0.39, 0.29) is 6.42 Å². The molecule has 0 aliphatic heterocycles. The van der Waals surface area contributed by atoms with Gasteiger partial charge in [-0.1, -0.05) is 18.2 Å². The molecule has 0 spiro atoms. The van der Waals surface area contributed by atoms with Gasteiger partial charge in [-0.15, -0.1) is 0 Å². The number of aromatic nitrogens is 2. The SMILES string of the molecule is O=C(O)CCCOc1ccccc1Cc1ncc[nH]1. The second-order valence-corrected chi connectivity index (χ2v) is 4.17. The molecule has 2 rings (SSSR count). The first-order chi connectivity index (χ1) is 9.25. The molecule has 0 aliphatic rings. The van der Waals surface area contributed by atoms with Crippen molar-refractivity contribution in [2.24, 2.45) is 0 Å². The van der Waals surface area contributed by atoms with Crippen molar-refractivity contribution in [2.75, 3.05) is 6.61 Å². The summed E-state index contributed by atoms with van der Waals surface area (Å²) in [7, 11) is 0. The van der Waals surface area contributed by atoms with Crippen LogP contribution in [0.2, 0.25) is 0 Å². The number of aliphatic carboxylic acids is 1. The van der Waals surface area contributed by atoms with Crippen LogP contribution in [0.5, 0.6) is 5.75 Å². The second-order valence-electron chi connectivity index (χ2n) is 4.17. The van der Waals surface area contributed by atoms with E-state index in [4.69, 9.17) is 9.84 Å². The summed E-state index contributed by atoms with van der Waals surface area (Å²) < 4.78 is 5.63. The van der Waals surface area contributed by atoms with Gasteiger partial charge in [0.25, 0.3) is 0 Å². The lowest BCUT2D eigenvalue weighted by Gasteiger charge is -2.10. The molecule has 0 unspecified atom stereocenters. The van der Waals surface area contributed by atoms with E-state index in [0.29, 0.717) is 19.4 Å². The van der Waals surface area contributed by atoms with E-state index >= 15 is 0 Å². The molecule has 0 fully saturated rings. The maximum Gasteiger partial charge on any atom is 0.303 e. The van der Waals surface area contributed by atoms with E-state index in [1.54, 1.807) is 12.4 Å². The van der Waals surface area contributed by atoms with Crippen LogP contribution in [-0.2, 0) is 11.2 Å². The smallest absolute Gasteiger partial charge is 0.303 e. The normalized spacial score (nSPS) is 10.3. The molecule has 1 heterocycles. The molecule has 0 amide bonds. The zero-order valence-electron chi connectivity index (χ0n) is 10.5. The summed E-state index contributed by atoms with van der Waals surface area (Å²) in [6.07, 6.45) is 4.80. The standard InChI is InChI=1S/C14H16N2O3/c17-14(18)6-3-9-19-12-5-2-1-4-11(12)10-13-15-7-8-16-13/h1-2,4-5,7-8H,3,6,9-10H2,(H,15,16)(H,17,18). The minimum atomic E-state index is -0.799. The molecule has 19 heavy (non-hydrogen) atoms. The third kappa shape index (κ3) is 4.13. The number of hydrogen-bond donors (Lipinski definition) is 2. The third-order valence-electron chi connectivity index (χ3n) is 2.68. The topological polar surface area (TPSA) is 75.2 Å². The average molecular weight is 260 g/mol. The zero-order chi connectivity index (χ0) is 13.5. The number of rotatable bonds is 7. The number of imidazole rings is 1. The molecular weight excluding hydrogens is 244 g/mol. The van der Waals surface area contributed by atoms with Gasteiger partial charge < -0.3 is 14.8 Å². The maximum absolute atomic E-state index is 10.4. The number of nitrogens with zero attached hydrogens (tertiary/aromatic N) is 1. The zero-order valence-corrected chi connectivity index (χ0v) is 10.5. The van der Waals surface area contributed by atoms with Crippen LogP contribution in [0, 0.1) is 0 Å². The van der Waals surface area contributed by atoms with Crippen LogP contribution in [0.15, 0.2) is 36.7 Å². The molecule has 0 radical (unpaired) electrons. The number of ether oxygens (including phenoxy) is 1. The first-order valence-corrected chi connectivity index (χ1v) is 6.16. The van der Waals surface area contributed by atoms with Gasteiger partial charge in [-0.25, -0.2) is 4.98 Å². The summed E-state index contributed by atoms with van der Waals surface area (Å²) in [5, 5.41) is 8.57. The highest BCUT2D eigenvalue weighted by molar-refractivity contribution is 5.66. The van der Waals surface area contributed by atoms with Gasteiger partial charge in [0.05, 0.1) is 6.61 Å². The Morgan fingerprint density at radius 2 is 2.21 bits per heavy atom. The van der Waals surface area contributed by atoms with Gasteiger partial charge >= 0.3 is 5.97 Å². The number of H-pyrrole nitrogens is 1. The molecule has 0 aliphatic carbocycles. The van der Waals surface area contributed by atoms with E-state index in [9.17, 15) is 4.79 Å².